The van der Waals surface area contributed by atoms with E-state index in [-0.39, 0.29) is 11.0 Å². The lowest BCUT2D eigenvalue weighted by Crippen LogP contribution is -2.15. The molecule has 0 amide bonds. The van der Waals surface area contributed by atoms with Crippen LogP contribution < -0.4 is 5.43 Å². The monoisotopic (exact) mass is 242 g/mol. The highest BCUT2D eigenvalue weighted by atomic mass is 19.4. The molecule has 0 atom stereocenters. The fourth-order valence-electron chi connectivity index (χ4n) is 1.76. The summed E-state index contributed by atoms with van der Waals surface area (Å²) in [5.41, 5.74) is -0.599. The van der Waals surface area contributed by atoms with Gasteiger partial charge in [0, 0.05) is 11.8 Å². The fourth-order valence-corrected chi connectivity index (χ4v) is 1.76. The van der Waals surface area contributed by atoms with Crippen LogP contribution in [0.2, 0.25) is 0 Å². The van der Waals surface area contributed by atoms with Crippen LogP contribution in [0.3, 0.4) is 0 Å². The van der Waals surface area contributed by atoms with Crippen LogP contribution >= 0.6 is 0 Å². The maximum atomic E-state index is 12.5. The van der Waals surface area contributed by atoms with Crippen LogP contribution in [-0.2, 0) is 6.18 Å². The topological polar surface area (TPSA) is 45.8 Å². The van der Waals surface area contributed by atoms with Crippen molar-refractivity contribution in [1.29, 1.82) is 0 Å². The Morgan fingerprint density at radius 1 is 1.24 bits per heavy atom. The van der Waals surface area contributed by atoms with Gasteiger partial charge in [0.15, 0.2) is 5.43 Å². The summed E-state index contributed by atoms with van der Waals surface area (Å²) in [6.45, 7) is 3.32. The third kappa shape index (κ3) is 2.02. The zero-order chi connectivity index (χ0) is 12.8. The highest BCUT2D eigenvalue weighted by Gasteiger charge is 2.32. The lowest BCUT2D eigenvalue weighted by molar-refractivity contribution is -0.141. The predicted octanol–water partition coefficient (Wildman–Crippen LogP) is 2.56. The van der Waals surface area contributed by atoms with Crippen molar-refractivity contribution in [3.8, 4) is 0 Å². The van der Waals surface area contributed by atoms with E-state index in [0.717, 1.165) is 0 Å². The first kappa shape index (κ1) is 11.6. The highest BCUT2D eigenvalue weighted by Crippen LogP contribution is 2.27. The van der Waals surface area contributed by atoms with E-state index in [9.17, 15) is 18.0 Å². The van der Waals surface area contributed by atoms with Crippen molar-refractivity contribution in [2.24, 2.45) is 0 Å². The number of alkyl halides is 3. The first-order valence-electron chi connectivity index (χ1n) is 4.87. The SMILES string of the molecule is Cc1cc(C)c2c(=O)cc(C(F)(F)F)[nH]c2n1. The van der Waals surface area contributed by atoms with Gasteiger partial charge in [-0.3, -0.25) is 4.79 Å². The fraction of sp³-hybridized carbons (Fsp3) is 0.273. The first-order valence-corrected chi connectivity index (χ1v) is 4.87. The number of pyridine rings is 2. The zero-order valence-electron chi connectivity index (χ0n) is 9.14. The van der Waals surface area contributed by atoms with E-state index in [4.69, 9.17) is 0 Å². The number of aryl methyl sites for hydroxylation is 2. The van der Waals surface area contributed by atoms with Crippen LogP contribution in [0.1, 0.15) is 17.0 Å². The molecule has 0 radical (unpaired) electrons. The first-order chi connectivity index (χ1) is 7.79. The molecule has 3 nitrogen and oxygen atoms in total. The molecule has 0 unspecified atom stereocenters. The quantitative estimate of drug-likeness (QED) is 0.771. The Hall–Kier alpha value is -1.85. The van der Waals surface area contributed by atoms with Gasteiger partial charge >= 0.3 is 6.18 Å². The van der Waals surface area contributed by atoms with E-state index in [0.29, 0.717) is 17.3 Å². The molecule has 0 aliphatic heterocycles. The smallest absolute Gasteiger partial charge is 0.335 e. The van der Waals surface area contributed by atoms with Gasteiger partial charge in [-0.05, 0) is 25.5 Å². The standard InChI is InChI=1S/C11H9F3N2O/c1-5-3-6(2)15-10-9(5)7(17)4-8(16-10)11(12,13)14/h3-4H,1-2H3,(H,15,16,17). The molecule has 6 heteroatoms. The van der Waals surface area contributed by atoms with Gasteiger partial charge in [0.2, 0.25) is 0 Å². The van der Waals surface area contributed by atoms with E-state index < -0.39 is 17.3 Å². The summed E-state index contributed by atoms with van der Waals surface area (Å²) in [6.07, 6.45) is -4.58. The number of nitrogens with zero attached hydrogens (tertiary/aromatic N) is 1. The molecule has 90 valence electrons. The molecule has 0 aliphatic carbocycles. The van der Waals surface area contributed by atoms with Crippen LogP contribution in [0.15, 0.2) is 16.9 Å². The lowest BCUT2D eigenvalue weighted by atomic mass is 10.1. The molecular weight excluding hydrogens is 233 g/mol. The van der Waals surface area contributed by atoms with Gasteiger partial charge in [-0.1, -0.05) is 0 Å². The molecule has 0 aromatic carbocycles. The molecule has 1 N–H and O–H groups in total. The van der Waals surface area contributed by atoms with E-state index in [1.807, 2.05) is 0 Å². The minimum absolute atomic E-state index is 0.0256. The Morgan fingerprint density at radius 3 is 2.47 bits per heavy atom. The normalized spacial score (nSPS) is 12.1. The van der Waals surface area contributed by atoms with Crippen molar-refractivity contribution in [2.45, 2.75) is 20.0 Å². The number of fused-ring (bicyclic) bond motifs is 1. The average molecular weight is 242 g/mol. The van der Waals surface area contributed by atoms with Crippen molar-refractivity contribution in [2.75, 3.05) is 0 Å². The summed E-state index contributed by atoms with van der Waals surface area (Å²) >= 11 is 0. The average Bonchev–Trinajstić information content (AvgIpc) is 2.13. The minimum atomic E-state index is -4.58. The number of aromatic nitrogens is 2. The summed E-state index contributed by atoms with van der Waals surface area (Å²) in [5.74, 6) is 0. The second kappa shape index (κ2) is 3.58. The molecule has 0 fully saturated rings. The van der Waals surface area contributed by atoms with Crippen molar-refractivity contribution < 1.29 is 13.2 Å². The Bertz CT molecular complexity index is 643. The molecular formula is C11H9F3N2O. The summed E-state index contributed by atoms with van der Waals surface area (Å²) in [5, 5.41) is 0.198. The van der Waals surface area contributed by atoms with Crippen LogP contribution in [-0.4, -0.2) is 9.97 Å². The Labute approximate surface area is 94.3 Å². The molecule has 2 aromatic heterocycles. The number of H-pyrrole nitrogens is 1. The minimum Gasteiger partial charge on any atom is -0.335 e. The Kier molecular flexibility index (Phi) is 2.45. The van der Waals surface area contributed by atoms with Crippen molar-refractivity contribution in [3.05, 3.63) is 39.3 Å². The van der Waals surface area contributed by atoms with E-state index in [1.54, 1.807) is 19.9 Å². The highest BCUT2D eigenvalue weighted by molar-refractivity contribution is 5.78. The third-order valence-electron chi connectivity index (χ3n) is 2.42. The number of aromatic amines is 1. The third-order valence-corrected chi connectivity index (χ3v) is 2.42. The van der Waals surface area contributed by atoms with Crippen molar-refractivity contribution in [1.82, 2.24) is 9.97 Å². The van der Waals surface area contributed by atoms with E-state index in [2.05, 4.69) is 9.97 Å². The molecule has 2 heterocycles. The van der Waals surface area contributed by atoms with Gasteiger partial charge in [-0.25, -0.2) is 4.98 Å². The number of halogens is 3. The summed E-state index contributed by atoms with van der Waals surface area (Å²) in [7, 11) is 0. The lowest BCUT2D eigenvalue weighted by Gasteiger charge is -2.09. The molecule has 0 bridgehead atoms. The molecule has 0 saturated heterocycles. The summed E-state index contributed by atoms with van der Waals surface area (Å²) < 4.78 is 37.5. The number of nitrogens with one attached hydrogen (secondary N) is 1. The molecule has 2 rings (SSSR count). The van der Waals surface area contributed by atoms with Gasteiger partial charge in [0.05, 0.1) is 5.39 Å². The van der Waals surface area contributed by atoms with E-state index >= 15 is 0 Å². The van der Waals surface area contributed by atoms with Crippen molar-refractivity contribution >= 4 is 11.0 Å². The van der Waals surface area contributed by atoms with Crippen LogP contribution in [0, 0.1) is 13.8 Å². The zero-order valence-corrected chi connectivity index (χ0v) is 9.14. The van der Waals surface area contributed by atoms with Gasteiger partial charge in [-0.15, -0.1) is 0 Å². The second-order valence-corrected chi connectivity index (χ2v) is 3.85. The van der Waals surface area contributed by atoms with Crippen LogP contribution in [0.5, 0.6) is 0 Å². The number of hydrogen-bond donors (Lipinski definition) is 1. The molecule has 0 spiro atoms. The predicted molar refractivity (Wildman–Crippen MR) is 56.8 cm³/mol. The maximum Gasteiger partial charge on any atom is 0.431 e. The molecule has 0 aliphatic rings. The van der Waals surface area contributed by atoms with E-state index in [1.165, 1.54) is 0 Å². The molecule has 2 aromatic rings. The molecule has 17 heavy (non-hydrogen) atoms. The molecule has 0 saturated carbocycles. The van der Waals surface area contributed by atoms with Crippen LogP contribution in [0.4, 0.5) is 13.2 Å². The maximum absolute atomic E-state index is 12.5. The number of rotatable bonds is 0. The second-order valence-electron chi connectivity index (χ2n) is 3.85. The van der Waals surface area contributed by atoms with Crippen LogP contribution in [0.25, 0.3) is 11.0 Å². The summed E-state index contributed by atoms with van der Waals surface area (Å²) in [4.78, 5) is 17.7. The Balaban J connectivity index is 2.87. The van der Waals surface area contributed by atoms with Gasteiger partial charge in [0.1, 0.15) is 11.3 Å². The Morgan fingerprint density at radius 2 is 1.88 bits per heavy atom. The number of hydrogen-bond acceptors (Lipinski definition) is 2. The largest absolute Gasteiger partial charge is 0.431 e. The van der Waals surface area contributed by atoms with Gasteiger partial charge in [0.25, 0.3) is 0 Å². The van der Waals surface area contributed by atoms with Gasteiger partial charge in [-0.2, -0.15) is 13.2 Å². The van der Waals surface area contributed by atoms with Crippen molar-refractivity contribution in [3.63, 3.8) is 0 Å². The van der Waals surface area contributed by atoms with Gasteiger partial charge < -0.3 is 4.98 Å². The summed E-state index contributed by atoms with van der Waals surface area (Å²) in [6, 6.07) is 2.22.